The highest BCUT2D eigenvalue weighted by Crippen LogP contribution is 2.42. The molecule has 4 aliphatic heterocycles. The van der Waals surface area contributed by atoms with Gasteiger partial charge in [-0.2, -0.15) is 0 Å². The number of methoxy groups -OCH3 is 2. The summed E-state index contributed by atoms with van der Waals surface area (Å²) in [5.74, 6) is -6.66. The molecule has 16 atom stereocenters. The van der Waals surface area contributed by atoms with Gasteiger partial charge < -0.3 is 88.8 Å². The molecule has 4 aliphatic rings. The lowest BCUT2D eigenvalue weighted by molar-refractivity contribution is -0.339. The van der Waals surface area contributed by atoms with E-state index in [1.54, 1.807) is 24.3 Å². The number of aromatic amines is 1. The average molecular weight is 943 g/mol. The van der Waals surface area contributed by atoms with Crippen molar-refractivity contribution < 1.29 is 98.2 Å². The van der Waals surface area contributed by atoms with E-state index in [1.165, 1.54) is 19.3 Å². The van der Waals surface area contributed by atoms with Crippen LogP contribution in [0.4, 0.5) is 0 Å². The van der Waals surface area contributed by atoms with Gasteiger partial charge in [0.1, 0.15) is 48.8 Å². The number of aliphatic hydroxyl groups is 8. The number of esters is 2. The largest absolute Gasteiger partial charge is 0.477 e. The van der Waals surface area contributed by atoms with Gasteiger partial charge in [-0.15, -0.1) is 13.2 Å². The van der Waals surface area contributed by atoms with Crippen LogP contribution in [0.1, 0.15) is 28.2 Å². The van der Waals surface area contributed by atoms with Gasteiger partial charge in [0.05, 0.1) is 62.3 Å². The zero-order chi connectivity index (χ0) is 48.4. The van der Waals surface area contributed by atoms with Crippen LogP contribution in [0.2, 0.25) is 0 Å². The monoisotopic (exact) mass is 942 g/mol. The number of aromatic nitrogens is 2. The normalized spacial score (nSPS) is 34.3. The molecule has 6 heterocycles. The fourth-order valence-corrected chi connectivity index (χ4v) is 9.20. The molecule has 2 aromatic heterocycles. The predicted octanol–water partition coefficient (Wildman–Crippen LogP) is -0.814. The van der Waals surface area contributed by atoms with Gasteiger partial charge in [-0.3, -0.25) is 0 Å². The molecule has 22 nitrogen and oxygen atoms in total. The lowest BCUT2D eigenvalue weighted by Gasteiger charge is -2.43. The molecule has 0 bridgehead atoms. The Hall–Kier alpha value is -5.34. The minimum Gasteiger partial charge on any atom is -0.477 e. The van der Waals surface area contributed by atoms with Crippen LogP contribution in [-0.4, -0.2) is 175 Å². The first kappa shape index (κ1) is 49.6. The van der Waals surface area contributed by atoms with Gasteiger partial charge in [0, 0.05) is 40.0 Å². The third kappa shape index (κ3) is 9.44. The SMILES string of the molecule is C=CC1C(OC2OC(CO)C(O)C(O)C2O)OC=C(C(=O)OC)C1CCc1c(C(=O)O)nc(CC2C(C(=O)OC)=COC(OC3OC(CO)C(O)C(O)C3O)C2C=C)c2[nH]c3ccccc3c12. The van der Waals surface area contributed by atoms with Crippen molar-refractivity contribution in [2.24, 2.45) is 23.7 Å². The van der Waals surface area contributed by atoms with Crippen LogP contribution in [0.5, 0.6) is 0 Å². The molecule has 10 N–H and O–H groups in total. The van der Waals surface area contributed by atoms with E-state index in [9.17, 15) is 60.3 Å². The number of carboxylic acids is 1. The minimum absolute atomic E-state index is 0.00864. The molecule has 2 saturated heterocycles. The van der Waals surface area contributed by atoms with Crippen LogP contribution in [0.15, 0.2) is 73.2 Å². The van der Waals surface area contributed by atoms with Crippen LogP contribution < -0.4 is 0 Å². The molecular weight excluding hydrogens is 888 g/mol. The number of benzene rings is 1. The Kier molecular flexibility index (Phi) is 15.5. The molecule has 0 aliphatic carbocycles. The Balaban J connectivity index is 1.26. The molecular formula is C45H54N2O20. The Morgan fingerprint density at radius 2 is 1.24 bits per heavy atom. The number of aryl methyl sites for hydroxylation is 1. The van der Waals surface area contributed by atoms with Crippen molar-refractivity contribution in [2.45, 2.75) is 93.3 Å². The van der Waals surface area contributed by atoms with E-state index in [1.807, 2.05) is 0 Å². The highest BCUT2D eigenvalue weighted by atomic mass is 16.8. The van der Waals surface area contributed by atoms with Crippen LogP contribution >= 0.6 is 0 Å². The summed E-state index contributed by atoms with van der Waals surface area (Å²) in [5, 5.41) is 94.4. The van der Waals surface area contributed by atoms with E-state index >= 15 is 0 Å². The van der Waals surface area contributed by atoms with Gasteiger partial charge in [0.15, 0.2) is 18.3 Å². The van der Waals surface area contributed by atoms with Crippen molar-refractivity contribution in [3.8, 4) is 0 Å². The Bertz CT molecular complexity index is 2380. The summed E-state index contributed by atoms with van der Waals surface area (Å²) in [6.45, 7) is 6.41. The predicted molar refractivity (Wildman–Crippen MR) is 227 cm³/mol. The smallest absolute Gasteiger partial charge is 0.354 e. The maximum atomic E-state index is 13.4. The number of carbonyl (C=O) groups excluding carboxylic acids is 2. The van der Waals surface area contributed by atoms with Crippen molar-refractivity contribution in [2.75, 3.05) is 27.4 Å². The van der Waals surface area contributed by atoms with Crippen LogP contribution in [0.25, 0.3) is 21.8 Å². The molecule has 16 unspecified atom stereocenters. The number of hydrogen-bond acceptors (Lipinski definition) is 20. The molecule has 0 radical (unpaired) electrons. The number of aromatic carboxylic acids is 1. The number of carboxylic acid groups (broad SMARTS) is 1. The van der Waals surface area contributed by atoms with Crippen molar-refractivity contribution in [3.05, 3.63) is 90.2 Å². The van der Waals surface area contributed by atoms with Crippen molar-refractivity contribution in [1.29, 1.82) is 0 Å². The van der Waals surface area contributed by atoms with Crippen molar-refractivity contribution in [3.63, 3.8) is 0 Å². The maximum absolute atomic E-state index is 13.4. The third-order valence-electron chi connectivity index (χ3n) is 12.8. The molecule has 364 valence electrons. The molecule has 1 aromatic carbocycles. The van der Waals surface area contributed by atoms with Crippen molar-refractivity contribution in [1.82, 2.24) is 9.97 Å². The number of H-pyrrole nitrogens is 1. The lowest BCUT2D eigenvalue weighted by atomic mass is 9.79. The van der Waals surface area contributed by atoms with Gasteiger partial charge in [0.25, 0.3) is 0 Å². The number of carbonyl (C=O) groups is 3. The number of nitrogens with zero attached hydrogens (tertiary/aromatic N) is 1. The number of aliphatic hydroxyl groups excluding tert-OH is 8. The molecule has 67 heavy (non-hydrogen) atoms. The standard InChI is InChI=1S/C45H54N2O20/c1-5-18-20(24(40(58)60-3)16-62-42(18)66-44-37(54)35(52)33(50)28(14-48)64-44)11-12-22-30-21-9-7-8-10-26(21)46-32(30)27(47-31(22)39(56)57)13-23-19(6-2)43(63-17-25(23)41(59)61-4)67-45-38(55)36(53)34(51)29(15-49)65-45/h5-10,16-20,23,28-29,33-38,42-46,48-55H,1-2,11-15H2,3-4H3,(H,56,57). The maximum Gasteiger partial charge on any atom is 0.354 e. The summed E-state index contributed by atoms with van der Waals surface area (Å²) in [7, 11) is 2.32. The molecule has 0 amide bonds. The fraction of sp³-hybridized carbons (Fsp3) is 0.511. The third-order valence-corrected chi connectivity index (χ3v) is 12.8. The summed E-state index contributed by atoms with van der Waals surface area (Å²) in [4.78, 5) is 48.0. The second-order valence-electron chi connectivity index (χ2n) is 16.5. The zero-order valence-electron chi connectivity index (χ0n) is 36.3. The first-order valence-electron chi connectivity index (χ1n) is 21.3. The van der Waals surface area contributed by atoms with E-state index in [0.717, 1.165) is 19.6 Å². The Morgan fingerprint density at radius 1 is 0.731 bits per heavy atom. The summed E-state index contributed by atoms with van der Waals surface area (Å²) in [6.07, 6.45) is -14.1. The second kappa shape index (κ2) is 20.9. The lowest BCUT2D eigenvalue weighted by Crippen LogP contribution is -2.60. The van der Waals surface area contributed by atoms with E-state index in [0.29, 0.717) is 21.8 Å². The number of ether oxygens (including phenoxy) is 8. The van der Waals surface area contributed by atoms with Crippen LogP contribution in [0.3, 0.4) is 0 Å². The first-order chi connectivity index (χ1) is 32.1. The van der Waals surface area contributed by atoms with Crippen molar-refractivity contribution >= 4 is 39.7 Å². The highest BCUT2D eigenvalue weighted by molar-refractivity contribution is 6.12. The van der Waals surface area contributed by atoms with Gasteiger partial charge in [-0.1, -0.05) is 30.4 Å². The topological polar surface area (TPSA) is 336 Å². The Labute approximate surface area is 381 Å². The number of rotatable bonds is 16. The van der Waals surface area contributed by atoms with E-state index in [2.05, 4.69) is 18.1 Å². The number of nitrogens with one attached hydrogen (secondary N) is 1. The van der Waals surface area contributed by atoms with Gasteiger partial charge >= 0.3 is 17.9 Å². The summed E-state index contributed by atoms with van der Waals surface area (Å²) in [6, 6.07) is 7.09. The molecule has 3 aromatic rings. The minimum atomic E-state index is -1.79. The molecule has 2 fully saturated rings. The number of para-hydroxylation sites is 1. The quantitative estimate of drug-likeness (QED) is 0.0620. The van der Waals surface area contributed by atoms with E-state index in [-0.39, 0.29) is 47.4 Å². The molecule has 0 spiro atoms. The average Bonchev–Trinajstić information content (AvgIpc) is 3.73. The summed E-state index contributed by atoms with van der Waals surface area (Å²) >= 11 is 0. The number of pyridine rings is 1. The molecule has 7 rings (SSSR count). The summed E-state index contributed by atoms with van der Waals surface area (Å²) in [5.41, 5.74) is 1.10. The van der Waals surface area contributed by atoms with E-state index in [4.69, 9.17) is 42.9 Å². The second-order valence-corrected chi connectivity index (χ2v) is 16.5. The number of hydrogen-bond donors (Lipinski definition) is 10. The van der Waals surface area contributed by atoms with Gasteiger partial charge in [-0.05, 0) is 30.9 Å². The highest BCUT2D eigenvalue weighted by Gasteiger charge is 2.50. The van der Waals surface area contributed by atoms with Crippen LogP contribution in [-0.2, 0) is 60.3 Å². The van der Waals surface area contributed by atoms with Gasteiger partial charge in [0.2, 0.25) is 12.6 Å². The molecule has 22 heteroatoms. The van der Waals surface area contributed by atoms with E-state index < -0.39 is 129 Å². The zero-order valence-corrected chi connectivity index (χ0v) is 36.3. The van der Waals surface area contributed by atoms with Crippen LogP contribution in [0, 0.1) is 23.7 Å². The fourth-order valence-electron chi connectivity index (χ4n) is 9.20. The van der Waals surface area contributed by atoms with Gasteiger partial charge in [-0.25, -0.2) is 19.4 Å². The Morgan fingerprint density at radius 3 is 1.73 bits per heavy atom. The molecule has 0 saturated carbocycles. The number of fused-ring (bicyclic) bond motifs is 3. The first-order valence-corrected chi connectivity index (χ1v) is 21.3. The summed E-state index contributed by atoms with van der Waals surface area (Å²) < 4.78 is 44.8.